The van der Waals surface area contributed by atoms with Gasteiger partial charge in [-0.3, -0.25) is 0 Å². The molecule has 0 atom stereocenters. The molecule has 0 amide bonds. The molecule has 0 spiro atoms. The van der Waals surface area contributed by atoms with Gasteiger partial charge in [0.15, 0.2) is 10.4 Å². The lowest BCUT2D eigenvalue weighted by Gasteiger charge is -1.98. The maximum Gasteiger partial charge on any atom is 0.179 e. The SMILES string of the molecule is CCn1c(Br)nc2c(I)ncnc21. The summed E-state index contributed by atoms with van der Waals surface area (Å²) in [7, 11) is 0. The molecule has 0 radical (unpaired) electrons. The molecule has 0 saturated heterocycles. The van der Waals surface area contributed by atoms with Crippen molar-refractivity contribution < 1.29 is 0 Å². The minimum atomic E-state index is 0.809. The van der Waals surface area contributed by atoms with Crippen molar-refractivity contribution >= 4 is 49.7 Å². The molecule has 0 bridgehead atoms. The first kappa shape index (κ1) is 9.32. The van der Waals surface area contributed by atoms with E-state index in [0.29, 0.717) is 0 Å². The Morgan fingerprint density at radius 1 is 1.54 bits per heavy atom. The molecule has 0 saturated carbocycles. The van der Waals surface area contributed by atoms with Gasteiger partial charge in [-0.15, -0.1) is 0 Å². The van der Waals surface area contributed by atoms with E-state index in [1.165, 1.54) is 0 Å². The summed E-state index contributed by atoms with van der Waals surface area (Å²) >= 11 is 5.54. The molecule has 2 aromatic heterocycles. The van der Waals surface area contributed by atoms with E-state index in [1.54, 1.807) is 6.33 Å². The molecule has 0 N–H and O–H groups in total. The Morgan fingerprint density at radius 2 is 2.31 bits per heavy atom. The maximum absolute atomic E-state index is 4.33. The average molecular weight is 353 g/mol. The molecule has 0 aromatic carbocycles. The average Bonchev–Trinajstić information content (AvgIpc) is 2.43. The second-order valence-electron chi connectivity index (χ2n) is 2.46. The van der Waals surface area contributed by atoms with Crippen LogP contribution in [-0.4, -0.2) is 19.5 Å². The lowest BCUT2D eigenvalue weighted by molar-refractivity contribution is 0.756. The first-order chi connectivity index (χ1) is 6.24. The van der Waals surface area contributed by atoms with Gasteiger partial charge in [0.25, 0.3) is 0 Å². The highest BCUT2D eigenvalue weighted by Crippen LogP contribution is 2.20. The third-order valence-corrected chi connectivity index (χ3v) is 3.15. The molecule has 2 heterocycles. The Hall–Kier alpha value is -0.240. The summed E-state index contributed by atoms with van der Waals surface area (Å²) in [5, 5.41) is 0. The summed E-state index contributed by atoms with van der Waals surface area (Å²) in [6.45, 7) is 2.91. The summed E-state index contributed by atoms with van der Waals surface area (Å²) in [6, 6.07) is 0. The Morgan fingerprint density at radius 3 is 3.00 bits per heavy atom. The highest BCUT2D eigenvalue weighted by molar-refractivity contribution is 14.1. The van der Waals surface area contributed by atoms with Gasteiger partial charge in [0.1, 0.15) is 15.5 Å². The van der Waals surface area contributed by atoms with Gasteiger partial charge in [-0.05, 0) is 45.4 Å². The van der Waals surface area contributed by atoms with Crippen molar-refractivity contribution in [2.24, 2.45) is 0 Å². The smallest absolute Gasteiger partial charge is 0.179 e. The topological polar surface area (TPSA) is 43.6 Å². The van der Waals surface area contributed by atoms with E-state index in [-0.39, 0.29) is 0 Å². The van der Waals surface area contributed by atoms with Gasteiger partial charge in [0, 0.05) is 6.54 Å². The van der Waals surface area contributed by atoms with E-state index < -0.39 is 0 Å². The van der Waals surface area contributed by atoms with Crippen LogP contribution in [0, 0.1) is 3.70 Å². The van der Waals surface area contributed by atoms with Crippen LogP contribution >= 0.6 is 38.5 Å². The predicted molar refractivity (Wildman–Crippen MR) is 61.4 cm³/mol. The van der Waals surface area contributed by atoms with Crippen LogP contribution in [-0.2, 0) is 6.54 Å². The van der Waals surface area contributed by atoms with Crippen molar-refractivity contribution in [3.8, 4) is 0 Å². The van der Waals surface area contributed by atoms with Crippen LogP contribution in [0.25, 0.3) is 11.2 Å². The van der Waals surface area contributed by atoms with Crippen LogP contribution in [0.5, 0.6) is 0 Å². The molecule has 2 aromatic rings. The second kappa shape index (κ2) is 3.49. The van der Waals surface area contributed by atoms with Crippen molar-refractivity contribution in [1.29, 1.82) is 0 Å². The summed E-state index contributed by atoms with van der Waals surface area (Å²) in [6.07, 6.45) is 1.56. The largest absolute Gasteiger partial charge is 0.303 e. The van der Waals surface area contributed by atoms with Crippen molar-refractivity contribution in [2.45, 2.75) is 13.5 Å². The molecule has 0 aliphatic rings. The quantitative estimate of drug-likeness (QED) is 0.449. The van der Waals surface area contributed by atoms with E-state index in [1.807, 2.05) is 4.57 Å². The minimum absolute atomic E-state index is 0.809. The third-order valence-electron chi connectivity index (χ3n) is 1.76. The zero-order valence-electron chi connectivity index (χ0n) is 6.83. The summed E-state index contributed by atoms with van der Waals surface area (Å²) in [4.78, 5) is 12.6. The zero-order valence-corrected chi connectivity index (χ0v) is 10.6. The van der Waals surface area contributed by atoms with E-state index in [2.05, 4.69) is 60.4 Å². The Bertz CT molecular complexity index is 453. The van der Waals surface area contributed by atoms with Gasteiger partial charge in [-0.25, -0.2) is 15.0 Å². The molecule has 6 heteroatoms. The van der Waals surface area contributed by atoms with E-state index in [9.17, 15) is 0 Å². The van der Waals surface area contributed by atoms with Crippen molar-refractivity contribution in [3.63, 3.8) is 0 Å². The van der Waals surface area contributed by atoms with Crippen LogP contribution in [0.4, 0.5) is 0 Å². The highest BCUT2D eigenvalue weighted by Gasteiger charge is 2.10. The number of aromatic nitrogens is 4. The maximum atomic E-state index is 4.33. The Labute approximate surface area is 97.1 Å². The molecular formula is C7H6BrIN4. The van der Waals surface area contributed by atoms with Crippen LogP contribution in [0.2, 0.25) is 0 Å². The number of fused-ring (bicyclic) bond motifs is 1. The molecule has 0 fully saturated rings. The second-order valence-corrected chi connectivity index (χ2v) is 4.19. The van der Waals surface area contributed by atoms with E-state index >= 15 is 0 Å². The summed E-state index contributed by atoms with van der Waals surface area (Å²) in [5.41, 5.74) is 1.74. The number of halogens is 2. The summed E-state index contributed by atoms with van der Waals surface area (Å²) in [5.74, 6) is 0. The van der Waals surface area contributed by atoms with Crippen LogP contribution < -0.4 is 0 Å². The van der Waals surface area contributed by atoms with Crippen molar-refractivity contribution in [1.82, 2.24) is 19.5 Å². The number of aryl methyl sites for hydroxylation is 1. The van der Waals surface area contributed by atoms with Gasteiger partial charge >= 0.3 is 0 Å². The molecule has 0 unspecified atom stereocenters. The van der Waals surface area contributed by atoms with Crippen molar-refractivity contribution in [2.75, 3.05) is 0 Å². The van der Waals surface area contributed by atoms with Gasteiger partial charge in [0.05, 0.1) is 0 Å². The highest BCUT2D eigenvalue weighted by atomic mass is 127. The van der Waals surface area contributed by atoms with Gasteiger partial charge in [0.2, 0.25) is 0 Å². The van der Waals surface area contributed by atoms with Crippen LogP contribution in [0.1, 0.15) is 6.92 Å². The van der Waals surface area contributed by atoms with Gasteiger partial charge in [-0.2, -0.15) is 0 Å². The monoisotopic (exact) mass is 352 g/mol. The Kier molecular flexibility index (Phi) is 2.50. The van der Waals surface area contributed by atoms with Crippen LogP contribution in [0.3, 0.4) is 0 Å². The van der Waals surface area contributed by atoms with Crippen LogP contribution in [0.15, 0.2) is 11.1 Å². The lowest BCUT2D eigenvalue weighted by atomic mass is 10.5. The number of nitrogens with zero attached hydrogens (tertiary/aromatic N) is 4. The molecule has 68 valence electrons. The van der Waals surface area contributed by atoms with E-state index in [4.69, 9.17) is 0 Å². The number of imidazole rings is 1. The number of rotatable bonds is 1. The fourth-order valence-electron chi connectivity index (χ4n) is 1.16. The molecule has 0 aliphatic heterocycles. The number of hydrogen-bond acceptors (Lipinski definition) is 3. The van der Waals surface area contributed by atoms with Gasteiger partial charge in [-0.1, -0.05) is 0 Å². The number of hydrogen-bond donors (Lipinski definition) is 0. The molecule has 0 aliphatic carbocycles. The van der Waals surface area contributed by atoms with Gasteiger partial charge < -0.3 is 4.57 Å². The first-order valence-electron chi connectivity index (χ1n) is 3.76. The standard InChI is InChI=1S/C7H6BrIN4/c1-2-13-6-4(12-7(13)8)5(9)10-3-11-6/h3H,2H2,1H3. The summed E-state index contributed by atoms with van der Waals surface area (Å²) < 4.78 is 3.69. The fraction of sp³-hybridized carbons (Fsp3) is 0.286. The normalized spacial score (nSPS) is 11.0. The minimum Gasteiger partial charge on any atom is -0.303 e. The Balaban J connectivity index is 2.86. The molecular weight excluding hydrogens is 347 g/mol. The third kappa shape index (κ3) is 1.45. The van der Waals surface area contributed by atoms with E-state index in [0.717, 1.165) is 26.1 Å². The lowest BCUT2D eigenvalue weighted by Crippen LogP contribution is -1.96. The predicted octanol–water partition coefficient (Wildman–Crippen LogP) is 2.21. The fourth-order valence-corrected chi connectivity index (χ4v) is 2.25. The van der Waals surface area contributed by atoms with Crippen molar-refractivity contribution in [3.05, 3.63) is 14.8 Å². The zero-order chi connectivity index (χ0) is 9.42. The molecule has 2 rings (SSSR count). The molecule has 13 heavy (non-hydrogen) atoms. The molecule has 4 nitrogen and oxygen atoms in total. The first-order valence-corrected chi connectivity index (χ1v) is 5.63.